The lowest BCUT2D eigenvalue weighted by atomic mass is 9.80. The predicted octanol–water partition coefficient (Wildman–Crippen LogP) is 2.47. The maximum absolute atomic E-state index is 13.3. The van der Waals surface area contributed by atoms with Crippen LogP contribution in [-0.2, 0) is 11.8 Å². The highest BCUT2D eigenvalue weighted by Gasteiger charge is 2.55. The van der Waals surface area contributed by atoms with E-state index in [0.29, 0.717) is 10.3 Å². The third-order valence-corrected chi connectivity index (χ3v) is 5.53. The summed E-state index contributed by atoms with van der Waals surface area (Å²) in [7, 11) is 1.67. The molecular weight excluding hydrogens is 388 g/mol. The van der Waals surface area contributed by atoms with Crippen LogP contribution in [0.1, 0.15) is 36.2 Å². The topological polar surface area (TPSA) is 71.4 Å². The molecule has 1 N–H and O–H groups in total. The molecule has 9 heteroatoms. The number of alkyl halides is 2. The van der Waals surface area contributed by atoms with Gasteiger partial charge in [0.1, 0.15) is 5.54 Å². The second-order valence-electron chi connectivity index (χ2n) is 6.28. The summed E-state index contributed by atoms with van der Waals surface area (Å²) >= 11 is 3.27. The van der Waals surface area contributed by atoms with Crippen molar-refractivity contribution < 1.29 is 23.2 Å². The zero-order valence-corrected chi connectivity index (χ0v) is 14.5. The lowest BCUT2D eigenvalue weighted by Crippen LogP contribution is -2.51. The molecule has 2 heterocycles. The van der Waals surface area contributed by atoms with Crippen LogP contribution in [0.15, 0.2) is 16.7 Å². The van der Waals surface area contributed by atoms with Crippen LogP contribution in [-0.4, -0.2) is 45.2 Å². The molecule has 2 aliphatic rings. The average molecular weight is 404 g/mol. The standard InChI is InChI=1S/C15H16BrF2N3O3/c1-20-9(2-3-11(20)16)10(22)8-21-12(23)14(19-13(21)24)4-6-15(17,18)7-5-14/h2-3H,4-8H2,1H3,(H,19,24). The van der Waals surface area contributed by atoms with Gasteiger partial charge in [-0.15, -0.1) is 0 Å². The normalized spacial score (nSPS) is 22.1. The Kier molecular flexibility index (Phi) is 4.01. The summed E-state index contributed by atoms with van der Waals surface area (Å²) in [5.41, 5.74) is -0.952. The Morgan fingerprint density at radius 1 is 1.25 bits per heavy atom. The largest absolute Gasteiger partial charge is 0.336 e. The van der Waals surface area contributed by atoms with Gasteiger partial charge in [-0.3, -0.25) is 14.5 Å². The number of urea groups is 1. The first-order valence-corrected chi connectivity index (χ1v) is 8.31. The molecule has 130 valence electrons. The number of imide groups is 1. The minimum atomic E-state index is -2.81. The van der Waals surface area contributed by atoms with E-state index in [1.54, 1.807) is 23.7 Å². The maximum atomic E-state index is 13.3. The Bertz CT molecular complexity index is 722. The number of nitrogens with one attached hydrogen (secondary N) is 1. The fraction of sp³-hybridized carbons (Fsp3) is 0.533. The number of amides is 3. The number of nitrogens with zero attached hydrogens (tertiary/aromatic N) is 2. The fourth-order valence-electron chi connectivity index (χ4n) is 3.19. The third-order valence-electron chi connectivity index (χ3n) is 4.73. The second-order valence-corrected chi connectivity index (χ2v) is 7.10. The monoisotopic (exact) mass is 403 g/mol. The summed E-state index contributed by atoms with van der Waals surface area (Å²) in [5, 5.41) is 2.52. The van der Waals surface area contributed by atoms with Gasteiger partial charge in [0.25, 0.3) is 5.91 Å². The highest BCUT2D eigenvalue weighted by molar-refractivity contribution is 9.10. The maximum Gasteiger partial charge on any atom is 0.325 e. The van der Waals surface area contributed by atoms with Gasteiger partial charge < -0.3 is 9.88 Å². The first kappa shape index (κ1) is 17.1. The van der Waals surface area contributed by atoms with E-state index in [4.69, 9.17) is 0 Å². The van der Waals surface area contributed by atoms with E-state index >= 15 is 0 Å². The molecule has 1 aliphatic heterocycles. The Morgan fingerprint density at radius 2 is 1.88 bits per heavy atom. The first-order chi connectivity index (χ1) is 11.2. The number of Topliss-reactive ketones (excluding diaryl/α,β-unsaturated/α-hetero) is 1. The van der Waals surface area contributed by atoms with E-state index in [2.05, 4.69) is 21.2 Å². The van der Waals surface area contributed by atoms with Crippen LogP contribution in [0.2, 0.25) is 0 Å². The van der Waals surface area contributed by atoms with E-state index in [9.17, 15) is 23.2 Å². The van der Waals surface area contributed by atoms with Gasteiger partial charge in [0.05, 0.1) is 16.8 Å². The van der Waals surface area contributed by atoms with Crippen LogP contribution in [0.25, 0.3) is 0 Å². The Balaban J connectivity index is 1.76. The molecule has 0 atom stereocenters. The van der Waals surface area contributed by atoms with Crippen molar-refractivity contribution in [1.29, 1.82) is 0 Å². The molecule has 0 bridgehead atoms. The van der Waals surface area contributed by atoms with Crippen molar-refractivity contribution in [3.05, 3.63) is 22.4 Å². The minimum absolute atomic E-state index is 0.120. The number of halogens is 3. The number of aromatic nitrogens is 1. The average Bonchev–Trinajstić information content (AvgIpc) is 2.96. The predicted molar refractivity (Wildman–Crippen MR) is 83.8 cm³/mol. The SMILES string of the molecule is Cn1c(Br)ccc1C(=O)CN1C(=O)NC2(CCC(F)(F)CC2)C1=O. The molecule has 2 fully saturated rings. The van der Waals surface area contributed by atoms with Crippen molar-refractivity contribution in [2.45, 2.75) is 37.1 Å². The fourth-order valence-corrected chi connectivity index (χ4v) is 3.52. The lowest BCUT2D eigenvalue weighted by molar-refractivity contribution is -0.135. The number of rotatable bonds is 3. The third kappa shape index (κ3) is 2.74. The van der Waals surface area contributed by atoms with Crippen LogP contribution < -0.4 is 5.32 Å². The van der Waals surface area contributed by atoms with Gasteiger partial charge in [-0.25, -0.2) is 13.6 Å². The first-order valence-electron chi connectivity index (χ1n) is 7.52. The number of carbonyl (C=O) groups is 3. The van der Waals surface area contributed by atoms with Crippen molar-refractivity contribution >= 4 is 33.7 Å². The van der Waals surface area contributed by atoms with Gasteiger partial charge in [0, 0.05) is 19.9 Å². The lowest BCUT2D eigenvalue weighted by Gasteiger charge is -2.34. The molecule has 0 unspecified atom stereocenters. The number of hydrogen-bond donors (Lipinski definition) is 1. The van der Waals surface area contributed by atoms with E-state index < -0.39 is 48.6 Å². The minimum Gasteiger partial charge on any atom is -0.336 e. The highest BCUT2D eigenvalue weighted by Crippen LogP contribution is 2.41. The summed E-state index contributed by atoms with van der Waals surface area (Å²) < 4.78 is 29.0. The molecule has 1 spiro atoms. The van der Waals surface area contributed by atoms with Crippen LogP contribution in [0.3, 0.4) is 0 Å². The second kappa shape index (κ2) is 5.65. The molecule has 1 aliphatic carbocycles. The van der Waals surface area contributed by atoms with Crippen molar-refractivity contribution in [3.8, 4) is 0 Å². The molecular formula is C15H16BrF2N3O3. The van der Waals surface area contributed by atoms with Gasteiger partial charge in [-0.1, -0.05) is 0 Å². The summed E-state index contributed by atoms with van der Waals surface area (Å²) in [4.78, 5) is 37.9. The molecule has 1 saturated heterocycles. The van der Waals surface area contributed by atoms with Crippen LogP contribution in [0.5, 0.6) is 0 Å². The molecule has 24 heavy (non-hydrogen) atoms. The van der Waals surface area contributed by atoms with Gasteiger partial charge >= 0.3 is 6.03 Å². The van der Waals surface area contributed by atoms with E-state index in [1.165, 1.54) is 0 Å². The molecule has 6 nitrogen and oxygen atoms in total. The van der Waals surface area contributed by atoms with Gasteiger partial charge in [-0.05, 0) is 40.9 Å². The quantitative estimate of drug-likeness (QED) is 0.622. The molecule has 1 aromatic heterocycles. The van der Waals surface area contributed by atoms with Gasteiger partial charge in [0.2, 0.25) is 5.92 Å². The zero-order chi connectivity index (χ0) is 17.7. The van der Waals surface area contributed by atoms with Gasteiger partial charge in [-0.2, -0.15) is 0 Å². The Morgan fingerprint density at radius 3 is 2.42 bits per heavy atom. The number of ketones is 1. The van der Waals surface area contributed by atoms with Crippen molar-refractivity contribution in [2.24, 2.45) is 7.05 Å². The van der Waals surface area contributed by atoms with Crippen molar-refractivity contribution in [1.82, 2.24) is 14.8 Å². The summed E-state index contributed by atoms with van der Waals surface area (Å²) in [6, 6.07) is 2.57. The molecule has 1 aromatic rings. The van der Waals surface area contributed by atoms with Gasteiger partial charge in [0.15, 0.2) is 5.78 Å². The van der Waals surface area contributed by atoms with E-state index in [-0.39, 0.29) is 12.8 Å². The molecule has 1 saturated carbocycles. The van der Waals surface area contributed by atoms with E-state index in [0.717, 1.165) is 4.90 Å². The van der Waals surface area contributed by atoms with Crippen LogP contribution in [0.4, 0.5) is 13.6 Å². The Hall–Kier alpha value is -1.77. The number of hydrogen-bond acceptors (Lipinski definition) is 3. The van der Waals surface area contributed by atoms with Crippen LogP contribution >= 0.6 is 15.9 Å². The molecule has 0 aromatic carbocycles. The molecule has 3 amide bonds. The summed E-state index contributed by atoms with van der Waals surface area (Å²) in [6.45, 7) is -0.410. The highest BCUT2D eigenvalue weighted by atomic mass is 79.9. The zero-order valence-electron chi connectivity index (χ0n) is 12.9. The van der Waals surface area contributed by atoms with Crippen molar-refractivity contribution in [2.75, 3.05) is 6.54 Å². The van der Waals surface area contributed by atoms with Crippen molar-refractivity contribution in [3.63, 3.8) is 0 Å². The Labute approximate surface area is 145 Å². The molecule has 0 radical (unpaired) electrons. The number of carbonyl (C=O) groups excluding carboxylic acids is 3. The molecule has 3 rings (SSSR count). The van der Waals surface area contributed by atoms with Crippen LogP contribution in [0, 0.1) is 0 Å². The smallest absolute Gasteiger partial charge is 0.325 e. The van der Waals surface area contributed by atoms with E-state index in [1.807, 2.05) is 0 Å². The summed E-state index contributed by atoms with van der Waals surface area (Å²) in [6.07, 6.45) is -1.15. The summed E-state index contributed by atoms with van der Waals surface area (Å²) in [5.74, 6) is -3.80.